The molecule has 4 rings (SSSR count). The minimum atomic E-state index is -0.225. The van der Waals surface area contributed by atoms with Crippen molar-refractivity contribution in [1.82, 2.24) is 4.90 Å². The Labute approximate surface area is 148 Å². The van der Waals surface area contributed by atoms with Crippen LogP contribution < -0.4 is 5.73 Å². The van der Waals surface area contributed by atoms with Gasteiger partial charge in [0.25, 0.3) is 0 Å². The van der Waals surface area contributed by atoms with Crippen molar-refractivity contribution < 1.29 is 9.53 Å². The van der Waals surface area contributed by atoms with Gasteiger partial charge in [-0.1, -0.05) is 48.5 Å². The molecule has 4 heteroatoms. The number of fused-ring (bicyclic) bond motifs is 3. The van der Waals surface area contributed by atoms with E-state index < -0.39 is 0 Å². The first-order chi connectivity index (χ1) is 12.3. The Morgan fingerprint density at radius 1 is 1.04 bits per heavy atom. The summed E-state index contributed by atoms with van der Waals surface area (Å²) in [7, 11) is 0. The van der Waals surface area contributed by atoms with Crippen LogP contribution in [0.2, 0.25) is 0 Å². The topological polar surface area (TPSA) is 55.6 Å². The lowest BCUT2D eigenvalue weighted by molar-refractivity contribution is 0.0731. The molecule has 0 saturated carbocycles. The third-order valence-electron chi connectivity index (χ3n) is 5.47. The highest BCUT2D eigenvalue weighted by atomic mass is 16.6. The summed E-state index contributed by atoms with van der Waals surface area (Å²) in [4.78, 5) is 14.4. The molecule has 1 aliphatic heterocycles. The number of ether oxygens (including phenoxy) is 1. The van der Waals surface area contributed by atoms with Crippen molar-refractivity contribution in [1.29, 1.82) is 0 Å². The van der Waals surface area contributed by atoms with Gasteiger partial charge >= 0.3 is 6.09 Å². The molecule has 25 heavy (non-hydrogen) atoms. The summed E-state index contributed by atoms with van der Waals surface area (Å²) in [6.45, 7) is 1.63. The number of rotatable bonds is 3. The van der Waals surface area contributed by atoms with Gasteiger partial charge < -0.3 is 15.4 Å². The second-order valence-electron chi connectivity index (χ2n) is 6.88. The summed E-state index contributed by atoms with van der Waals surface area (Å²) < 4.78 is 5.74. The first-order valence-electron chi connectivity index (χ1n) is 9.11. The Kier molecular flexibility index (Phi) is 4.45. The quantitative estimate of drug-likeness (QED) is 0.929. The molecule has 130 valence electrons. The van der Waals surface area contributed by atoms with Crippen LogP contribution in [-0.2, 0) is 4.74 Å². The summed E-state index contributed by atoms with van der Waals surface area (Å²) >= 11 is 0. The fourth-order valence-electron chi connectivity index (χ4n) is 4.16. The molecule has 2 aliphatic rings. The zero-order chi connectivity index (χ0) is 17.2. The van der Waals surface area contributed by atoms with Crippen molar-refractivity contribution in [2.45, 2.75) is 31.2 Å². The predicted octanol–water partition coefficient (Wildman–Crippen LogP) is 3.75. The van der Waals surface area contributed by atoms with Crippen molar-refractivity contribution in [3.63, 3.8) is 0 Å². The minimum Gasteiger partial charge on any atom is -0.448 e. The molecule has 1 atom stereocenters. The molecule has 0 bridgehead atoms. The van der Waals surface area contributed by atoms with E-state index in [2.05, 4.69) is 48.5 Å². The third kappa shape index (κ3) is 2.91. The van der Waals surface area contributed by atoms with Gasteiger partial charge in [0.15, 0.2) is 0 Å². The maximum atomic E-state index is 12.6. The lowest BCUT2D eigenvalue weighted by Gasteiger charge is -2.34. The summed E-state index contributed by atoms with van der Waals surface area (Å²) in [5.41, 5.74) is 10.8. The molecule has 1 saturated heterocycles. The van der Waals surface area contributed by atoms with Gasteiger partial charge in [-0.25, -0.2) is 4.79 Å². The average molecular weight is 336 g/mol. The fraction of sp³-hybridized carbons (Fsp3) is 0.381. The maximum Gasteiger partial charge on any atom is 0.410 e. The average Bonchev–Trinajstić information content (AvgIpc) is 3.00. The highest BCUT2D eigenvalue weighted by molar-refractivity contribution is 5.79. The van der Waals surface area contributed by atoms with Gasteiger partial charge in [0, 0.05) is 25.0 Å². The maximum absolute atomic E-state index is 12.6. The van der Waals surface area contributed by atoms with E-state index >= 15 is 0 Å². The SMILES string of the molecule is NC[C@H]1CCCCN1C(=O)OCC1c2ccccc2-c2ccccc21. The van der Waals surface area contributed by atoms with Gasteiger partial charge in [-0.05, 0) is 41.5 Å². The number of benzene rings is 2. The van der Waals surface area contributed by atoms with E-state index in [0.717, 1.165) is 25.8 Å². The number of nitrogens with zero attached hydrogens (tertiary/aromatic N) is 1. The molecule has 0 unspecified atom stereocenters. The Morgan fingerprint density at radius 2 is 1.68 bits per heavy atom. The number of carbonyl (C=O) groups excluding carboxylic acids is 1. The van der Waals surface area contributed by atoms with E-state index in [4.69, 9.17) is 10.5 Å². The molecule has 1 heterocycles. The van der Waals surface area contributed by atoms with Crippen molar-refractivity contribution >= 4 is 6.09 Å². The van der Waals surface area contributed by atoms with E-state index in [1.807, 2.05) is 4.90 Å². The summed E-state index contributed by atoms with van der Waals surface area (Å²) in [6.07, 6.45) is 2.91. The van der Waals surface area contributed by atoms with Gasteiger partial charge in [0.2, 0.25) is 0 Å². The number of piperidine rings is 1. The van der Waals surface area contributed by atoms with Crippen molar-refractivity contribution in [2.24, 2.45) is 5.73 Å². The molecular formula is C21H24N2O2. The first kappa shape index (κ1) is 16.2. The van der Waals surface area contributed by atoms with Crippen LogP contribution in [0.25, 0.3) is 11.1 Å². The highest BCUT2D eigenvalue weighted by Gasteiger charge is 2.31. The molecule has 0 aromatic heterocycles. The number of likely N-dealkylation sites (tertiary alicyclic amines) is 1. The largest absolute Gasteiger partial charge is 0.448 e. The molecule has 4 nitrogen and oxygen atoms in total. The molecule has 2 aromatic carbocycles. The molecule has 0 radical (unpaired) electrons. The van der Waals surface area contributed by atoms with Crippen LogP contribution in [0.4, 0.5) is 4.79 Å². The van der Waals surface area contributed by atoms with Crippen molar-refractivity contribution in [2.75, 3.05) is 19.7 Å². The standard InChI is InChI=1S/C21H24N2O2/c22-13-15-7-5-6-12-23(15)21(24)25-14-20-18-10-3-1-8-16(18)17-9-2-4-11-19(17)20/h1-4,8-11,15,20H,5-7,12-14,22H2/t15-/m1/s1. The molecule has 1 aliphatic carbocycles. The highest BCUT2D eigenvalue weighted by Crippen LogP contribution is 2.44. The third-order valence-corrected chi connectivity index (χ3v) is 5.47. The van der Waals surface area contributed by atoms with E-state index in [-0.39, 0.29) is 18.1 Å². The molecular weight excluding hydrogens is 312 g/mol. The molecule has 2 aromatic rings. The first-order valence-corrected chi connectivity index (χ1v) is 9.11. The van der Waals surface area contributed by atoms with Crippen LogP contribution in [0.3, 0.4) is 0 Å². The normalized spacial score (nSPS) is 19.4. The molecule has 1 fully saturated rings. The van der Waals surface area contributed by atoms with Crippen molar-refractivity contribution in [3.8, 4) is 11.1 Å². The Hall–Kier alpha value is -2.33. The van der Waals surface area contributed by atoms with E-state index in [1.165, 1.54) is 22.3 Å². The lowest BCUT2D eigenvalue weighted by atomic mass is 9.98. The van der Waals surface area contributed by atoms with Crippen molar-refractivity contribution in [3.05, 3.63) is 59.7 Å². The van der Waals surface area contributed by atoms with E-state index in [9.17, 15) is 4.79 Å². The van der Waals surface area contributed by atoms with Gasteiger partial charge in [0.05, 0.1) is 0 Å². The van der Waals surface area contributed by atoms with Crippen LogP contribution in [0.15, 0.2) is 48.5 Å². The molecule has 1 amide bonds. The van der Waals surface area contributed by atoms with Crippen LogP contribution in [0.1, 0.15) is 36.3 Å². The summed E-state index contributed by atoms with van der Waals surface area (Å²) in [5.74, 6) is 0.109. The number of amides is 1. The number of hydrogen-bond donors (Lipinski definition) is 1. The fourth-order valence-corrected chi connectivity index (χ4v) is 4.16. The number of carbonyl (C=O) groups is 1. The summed E-state index contributed by atoms with van der Waals surface area (Å²) in [5, 5.41) is 0. The Balaban J connectivity index is 1.52. The minimum absolute atomic E-state index is 0.109. The van der Waals surface area contributed by atoms with Crippen LogP contribution in [0, 0.1) is 0 Å². The Bertz CT molecular complexity index is 728. The predicted molar refractivity (Wildman–Crippen MR) is 98.5 cm³/mol. The summed E-state index contributed by atoms with van der Waals surface area (Å²) in [6, 6.07) is 16.9. The second kappa shape index (κ2) is 6.89. The van der Waals surface area contributed by atoms with Gasteiger partial charge in [-0.2, -0.15) is 0 Å². The molecule has 0 spiro atoms. The van der Waals surface area contributed by atoms with Gasteiger partial charge in [-0.15, -0.1) is 0 Å². The van der Waals surface area contributed by atoms with Crippen LogP contribution in [0.5, 0.6) is 0 Å². The second-order valence-corrected chi connectivity index (χ2v) is 6.88. The zero-order valence-corrected chi connectivity index (χ0v) is 14.4. The molecule has 2 N–H and O–H groups in total. The zero-order valence-electron chi connectivity index (χ0n) is 14.4. The van der Waals surface area contributed by atoms with Gasteiger partial charge in [0.1, 0.15) is 6.61 Å². The van der Waals surface area contributed by atoms with Crippen LogP contribution >= 0.6 is 0 Å². The van der Waals surface area contributed by atoms with E-state index in [0.29, 0.717) is 13.2 Å². The smallest absolute Gasteiger partial charge is 0.410 e. The lowest BCUT2D eigenvalue weighted by Crippen LogP contribution is -2.47. The number of nitrogens with two attached hydrogens (primary N) is 1. The van der Waals surface area contributed by atoms with Gasteiger partial charge in [-0.3, -0.25) is 0 Å². The Morgan fingerprint density at radius 3 is 2.32 bits per heavy atom. The monoisotopic (exact) mass is 336 g/mol. The number of hydrogen-bond acceptors (Lipinski definition) is 3. The van der Waals surface area contributed by atoms with E-state index in [1.54, 1.807) is 0 Å². The van der Waals surface area contributed by atoms with Crippen LogP contribution in [-0.4, -0.2) is 36.7 Å².